The molecule has 50 heavy (non-hydrogen) atoms. The number of halogens is 2. The minimum atomic E-state index is 0.118. The summed E-state index contributed by atoms with van der Waals surface area (Å²) in [6.45, 7) is 12.0. The van der Waals surface area contributed by atoms with Gasteiger partial charge in [0.05, 0.1) is 53.6 Å². The molecule has 10 nitrogen and oxygen atoms in total. The highest BCUT2D eigenvalue weighted by atomic mass is 35.5. The molecule has 260 valence electrons. The molecule has 0 amide bonds. The number of nitrogens with zero attached hydrogens (tertiary/aromatic N) is 5. The van der Waals surface area contributed by atoms with Gasteiger partial charge in [0.15, 0.2) is 0 Å². The predicted molar refractivity (Wildman–Crippen MR) is 198 cm³/mol. The van der Waals surface area contributed by atoms with Gasteiger partial charge in [0, 0.05) is 72.4 Å². The van der Waals surface area contributed by atoms with Crippen molar-refractivity contribution < 1.29 is 9.47 Å². The minimum absolute atomic E-state index is 0.118. The van der Waals surface area contributed by atoms with Crippen LogP contribution in [0.25, 0.3) is 33.6 Å². The molecule has 3 N–H and O–H groups in total. The fourth-order valence-electron chi connectivity index (χ4n) is 7.29. The number of hydrogen-bond donors (Lipinski definition) is 3. The molecule has 12 heteroatoms. The van der Waals surface area contributed by atoms with Crippen LogP contribution >= 0.6 is 23.2 Å². The lowest BCUT2D eigenvalue weighted by Crippen LogP contribution is -2.41. The highest BCUT2D eigenvalue weighted by molar-refractivity contribution is 6.39. The first-order valence-corrected chi connectivity index (χ1v) is 17.7. The maximum absolute atomic E-state index is 7.12. The zero-order valence-corrected chi connectivity index (χ0v) is 30.0. The summed E-state index contributed by atoms with van der Waals surface area (Å²) >= 11 is 14.2. The Morgan fingerprint density at radius 1 is 0.860 bits per heavy atom. The van der Waals surface area contributed by atoms with Crippen molar-refractivity contribution in [2.75, 3.05) is 33.9 Å². The van der Waals surface area contributed by atoms with Gasteiger partial charge in [-0.15, -0.1) is 0 Å². The van der Waals surface area contributed by atoms with Crippen LogP contribution in [0.4, 0.5) is 0 Å². The van der Waals surface area contributed by atoms with Crippen LogP contribution < -0.4 is 25.4 Å². The molecule has 0 saturated carbocycles. The van der Waals surface area contributed by atoms with E-state index in [1.165, 1.54) is 0 Å². The maximum Gasteiger partial charge on any atom is 0.237 e. The molecule has 3 fully saturated rings. The van der Waals surface area contributed by atoms with Crippen molar-refractivity contribution in [1.29, 1.82) is 0 Å². The standard InChI is InChI=1S/C38H42Cl2N8O2/c1-23-11-12-25(44-23)17-41-18-32-36(49-3)45-30(19-42-32)28-9-5-7-26(34(28)39)27-8-6-10-29(35(27)40)31-20-43-33(37(46-31)50-4)21-48-16-15-38(22-48)14-13-24(2)47-38/h5-10,19-20,25,41,44,47H,1-2,11-18,21-22H2,3-4H3/t25-,38?/m1/s1. The second kappa shape index (κ2) is 14.6. The Bertz CT molecular complexity index is 1940. The van der Waals surface area contributed by atoms with Gasteiger partial charge in [0.1, 0.15) is 11.4 Å². The highest BCUT2D eigenvalue weighted by Crippen LogP contribution is 2.42. The first-order chi connectivity index (χ1) is 24.3. The van der Waals surface area contributed by atoms with E-state index in [0.29, 0.717) is 52.3 Å². The monoisotopic (exact) mass is 712 g/mol. The Morgan fingerprint density at radius 2 is 1.48 bits per heavy atom. The predicted octanol–water partition coefficient (Wildman–Crippen LogP) is 6.79. The Hall–Kier alpha value is -4.22. The lowest BCUT2D eigenvalue weighted by Gasteiger charge is -2.25. The summed E-state index contributed by atoms with van der Waals surface area (Å²) in [4.78, 5) is 21.5. The fraction of sp³-hybridized carbons (Fsp3) is 0.368. The van der Waals surface area contributed by atoms with Crippen LogP contribution in [0.2, 0.25) is 10.0 Å². The first-order valence-electron chi connectivity index (χ1n) is 17.0. The van der Waals surface area contributed by atoms with Crippen molar-refractivity contribution in [3.8, 4) is 45.4 Å². The van der Waals surface area contributed by atoms with Crippen molar-refractivity contribution in [2.24, 2.45) is 0 Å². The molecular formula is C38H42Cl2N8O2. The average Bonchev–Trinajstić information content (AvgIpc) is 3.84. The molecule has 4 aromatic rings. The number of ether oxygens (including phenoxy) is 2. The molecule has 5 heterocycles. The number of aromatic nitrogens is 4. The van der Waals surface area contributed by atoms with Crippen LogP contribution in [-0.4, -0.2) is 70.3 Å². The Labute approximate surface area is 303 Å². The van der Waals surface area contributed by atoms with E-state index in [9.17, 15) is 0 Å². The average molecular weight is 714 g/mol. The van der Waals surface area contributed by atoms with E-state index < -0.39 is 0 Å². The SMILES string of the molecule is C=C1CC[C@H](CNCc2ncc(-c3cccc(-c4cccc(-c5cnc(CN6CCC7(CCC(=C)N7)C6)c(OC)n5)c4Cl)c3Cl)nc2OC)N1. The second-order valence-corrected chi connectivity index (χ2v) is 14.1. The maximum atomic E-state index is 7.12. The number of allylic oxidation sites excluding steroid dienone is 2. The number of likely N-dealkylation sites (tertiary alicyclic amines) is 1. The summed E-state index contributed by atoms with van der Waals surface area (Å²) in [6.07, 6.45) is 8.80. The van der Waals surface area contributed by atoms with Crippen molar-refractivity contribution in [3.05, 3.63) is 94.8 Å². The number of rotatable bonds is 11. The summed E-state index contributed by atoms with van der Waals surface area (Å²) in [5.74, 6) is 0.933. The van der Waals surface area contributed by atoms with Gasteiger partial charge in [-0.25, -0.2) is 9.97 Å². The summed E-state index contributed by atoms with van der Waals surface area (Å²) in [7, 11) is 3.22. The lowest BCUT2D eigenvalue weighted by atomic mass is 9.97. The quantitative estimate of drug-likeness (QED) is 0.154. The van der Waals surface area contributed by atoms with E-state index in [2.05, 4.69) is 39.0 Å². The molecule has 1 unspecified atom stereocenters. The summed E-state index contributed by atoms with van der Waals surface area (Å²) in [5.41, 5.74) is 8.04. The minimum Gasteiger partial charge on any atom is -0.480 e. The number of hydrogen-bond acceptors (Lipinski definition) is 10. The zero-order valence-electron chi connectivity index (χ0n) is 28.5. The topological polar surface area (TPSA) is 109 Å². The summed E-state index contributed by atoms with van der Waals surface area (Å²) < 4.78 is 11.4. The number of benzene rings is 2. The van der Waals surface area contributed by atoms with E-state index in [0.717, 1.165) is 96.8 Å². The first kappa shape index (κ1) is 34.2. The van der Waals surface area contributed by atoms with E-state index in [-0.39, 0.29) is 5.54 Å². The van der Waals surface area contributed by atoms with E-state index >= 15 is 0 Å². The van der Waals surface area contributed by atoms with Gasteiger partial charge >= 0.3 is 0 Å². The molecule has 2 atom stereocenters. The van der Waals surface area contributed by atoms with Gasteiger partial charge in [-0.1, -0.05) is 72.8 Å². The molecule has 3 aliphatic rings. The third-order valence-corrected chi connectivity index (χ3v) is 10.7. The van der Waals surface area contributed by atoms with Crippen LogP contribution in [0, 0.1) is 0 Å². The van der Waals surface area contributed by atoms with Crippen LogP contribution in [0.1, 0.15) is 43.5 Å². The summed E-state index contributed by atoms with van der Waals surface area (Å²) in [5, 5.41) is 11.5. The van der Waals surface area contributed by atoms with E-state index in [4.69, 9.17) is 47.6 Å². The Balaban J connectivity index is 1.10. The Kier molecular flexibility index (Phi) is 9.97. The molecule has 0 bridgehead atoms. The van der Waals surface area contributed by atoms with Gasteiger partial charge in [0.25, 0.3) is 0 Å². The molecule has 2 aromatic heterocycles. The molecule has 1 spiro atoms. The third kappa shape index (κ3) is 7.03. The summed E-state index contributed by atoms with van der Waals surface area (Å²) in [6, 6.07) is 12.0. The van der Waals surface area contributed by atoms with Crippen molar-refractivity contribution >= 4 is 23.2 Å². The normalized spacial score (nSPS) is 20.4. The van der Waals surface area contributed by atoms with Gasteiger partial charge in [-0.2, -0.15) is 0 Å². The third-order valence-electron chi connectivity index (χ3n) is 9.89. The lowest BCUT2D eigenvalue weighted by molar-refractivity contribution is 0.282. The second-order valence-electron chi connectivity index (χ2n) is 13.3. The number of methoxy groups -OCH3 is 2. The smallest absolute Gasteiger partial charge is 0.237 e. The van der Waals surface area contributed by atoms with Crippen molar-refractivity contribution in [1.82, 2.24) is 40.8 Å². The Morgan fingerprint density at radius 3 is 2.06 bits per heavy atom. The zero-order chi connectivity index (χ0) is 34.8. The molecule has 3 aliphatic heterocycles. The van der Waals surface area contributed by atoms with Crippen molar-refractivity contribution in [3.63, 3.8) is 0 Å². The number of nitrogens with one attached hydrogen (secondary N) is 3. The highest BCUT2D eigenvalue weighted by Gasteiger charge is 2.41. The van der Waals surface area contributed by atoms with Crippen LogP contribution in [-0.2, 0) is 13.1 Å². The van der Waals surface area contributed by atoms with Crippen LogP contribution in [0.15, 0.2) is 73.3 Å². The van der Waals surface area contributed by atoms with Crippen molar-refractivity contribution in [2.45, 2.75) is 56.8 Å². The molecule has 0 radical (unpaired) electrons. The molecule has 2 aromatic carbocycles. The van der Waals surface area contributed by atoms with E-state index in [1.54, 1.807) is 26.6 Å². The van der Waals surface area contributed by atoms with Gasteiger partial charge < -0.3 is 25.4 Å². The van der Waals surface area contributed by atoms with Crippen LogP contribution in [0.5, 0.6) is 11.8 Å². The molecule has 3 saturated heterocycles. The fourth-order valence-corrected chi connectivity index (χ4v) is 7.94. The van der Waals surface area contributed by atoms with Gasteiger partial charge in [0.2, 0.25) is 11.8 Å². The largest absolute Gasteiger partial charge is 0.480 e. The molecular weight excluding hydrogens is 671 g/mol. The molecule has 0 aliphatic carbocycles. The van der Waals surface area contributed by atoms with Crippen LogP contribution in [0.3, 0.4) is 0 Å². The van der Waals surface area contributed by atoms with E-state index in [1.807, 2.05) is 36.4 Å². The van der Waals surface area contributed by atoms with Gasteiger partial charge in [-0.3, -0.25) is 14.9 Å². The molecule has 7 rings (SSSR count). The van der Waals surface area contributed by atoms with Gasteiger partial charge in [-0.05, 0) is 32.1 Å².